The number of hydrogen-bond acceptors (Lipinski definition) is 3. The molecule has 0 unspecified atom stereocenters. The molecule has 0 spiro atoms. The number of nitrogens with zero attached hydrogens (tertiary/aromatic N) is 1. The van der Waals surface area contributed by atoms with Crippen LogP contribution in [0.1, 0.15) is 36.1 Å². The molecule has 0 aliphatic heterocycles. The molecule has 0 radical (unpaired) electrons. The molecule has 0 aromatic heterocycles. The van der Waals surface area contributed by atoms with Gasteiger partial charge in [0.25, 0.3) is 0 Å². The van der Waals surface area contributed by atoms with Crippen LogP contribution in [0.4, 0.5) is 0 Å². The predicted octanol–water partition coefficient (Wildman–Crippen LogP) is 6.70. The fraction of sp³-hybridized carbons (Fsp3) is 0.310. The Balaban J connectivity index is 1.83. The number of aryl methyl sites for hydroxylation is 1. The van der Waals surface area contributed by atoms with Crippen molar-refractivity contribution < 1.29 is 9.59 Å². The van der Waals surface area contributed by atoms with Crippen LogP contribution in [-0.4, -0.2) is 34.6 Å². The molecule has 2 amide bonds. The highest BCUT2D eigenvalue weighted by molar-refractivity contribution is 7.99. The highest BCUT2D eigenvalue weighted by Crippen LogP contribution is 2.25. The first-order valence-electron chi connectivity index (χ1n) is 11.9. The smallest absolute Gasteiger partial charge is 0.243 e. The van der Waals surface area contributed by atoms with Gasteiger partial charge >= 0.3 is 0 Å². The van der Waals surface area contributed by atoms with E-state index in [-0.39, 0.29) is 23.6 Å². The van der Waals surface area contributed by atoms with Crippen LogP contribution in [0.5, 0.6) is 0 Å². The second kappa shape index (κ2) is 13.7. The van der Waals surface area contributed by atoms with Gasteiger partial charge in [-0.2, -0.15) is 0 Å². The Morgan fingerprint density at radius 2 is 1.56 bits per heavy atom. The Morgan fingerprint density at radius 1 is 0.889 bits per heavy atom. The van der Waals surface area contributed by atoms with Crippen LogP contribution >= 0.6 is 35.0 Å². The number of carbonyl (C=O) groups is 2. The molecule has 0 aliphatic carbocycles. The van der Waals surface area contributed by atoms with E-state index in [0.717, 1.165) is 22.3 Å². The van der Waals surface area contributed by atoms with Crippen LogP contribution in [0, 0.1) is 6.92 Å². The molecule has 1 atom stereocenters. The number of benzene rings is 3. The van der Waals surface area contributed by atoms with Crippen LogP contribution < -0.4 is 5.32 Å². The number of carbonyl (C=O) groups excluding carboxylic acids is 2. The van der Waals surface area contributed by atoms with E-state index in [2.05, 4.69) is 5.32 Å². The molecule has 7 heteroatoms. The standard InChI is InChI=1S/C29H32Cl2N2O2S/c1-20(2)32-29(35)27(16-22-7-5-4-6-8-22)33(17-23-11-9-21(3)10-12-23)28(34)19-36-18-24-13-14-25(30)26(31)15-24/h4-15,20,27H,16-19H2,1-3H3,(H,32,35)/t27-/m1/s1. The van der Waals surface area contributed by atoms with Gasteiger partial charge in [-0.25, -0.2) is 0 Å². The Morgan fingerprint density at radius 3 is 2.19 bits per heavy atom. The van der Waals surface area contributed by atoms with Gasteiger partial charge in [-0.15, -0.1) is 11.8 Å². The number of rotatable bonds is 11. The summed E-state index contributed by atoms with van der Waals surface area (Å²) >= 11 is 13.7. The Bertz CT molecular complexity index is 1150. The van der Waals surface area contributed by atoms with E-state index in [9.17, 15) is 9.59 Å². The van der Waals surface area contributed by atoms with E-state index in [0.29, 0.717) is 28.8 Å². The van der Waals surface area contributed by atoms with Crippen LogP contribution in [0.15, 0.2) is 72.8 Å². The lowest BCUT2D eigenvalue weighted by Gasteiger charge is -2.32. The average molecular weight is 544 g/mol. The van der Waals surface area contributed by atoms with Crippen molar-refractivity contribution in [2.24, 2.45) is 0 Å². The minimum atomic E-state index is -0.630. The lowest BCUT2D eigenvalue weighted by molar-refractivity contribution is -0.139. The normalized spacial score (nSPS) is 11.8. The highest BCUT2D eigenvalue weighted by atomic mass is 35.5. The number of hydrogen-bond donors (Lipinski definition) is 1. The molecule has 36 heavy (non-hydrogen) atoms. The summed E-state index contributed by atoms with van der Waals surface area (Å²) in [4.78, 5) is 28.7. The van der Waals surface area contributed by atoms with Gasteiger partial charge in [-0.05, 0) is 49.6 Å². The van der Waals surface area contributed by atoms with Gasteiger partial charge in [0.2, 0.25) is 11.8 Å². The van der Waals surface area contributed by atoms with Gasteiger partial charge < -0.3 is 10.2 Å². The Kier molecular flexibility index (Phi) is 10.7. The van der Waals surface area contributed by atoms with Gasteiger partial charge in [0.05, 0.1) is 15.8 Å². The Hall–Kier alpha value is -2.47. The first-order chi connectivity index (χ1) is 17.2. The zero-order valence-corrected chi connectivity index (χ0v) is 23.2. The molecule has 0 saturated heterocycles. The maximum atomic E-state index is 13.6. The lowest BCUT2D eigenvalue weighted by Crippen LogP contribution is -2.52. The number of amides is 2. The summed E-state index contributed by atoms with van der Waals surface area (Å²) in [6.45, 7) is 6.24. The van der Waals surface area contributed by atoms with Crippen molar-refractivity contribution in [2.45, 2.75) is 51.6 Å². The second-order valence-corrected chi connectivity index (χ2v) is 10.9. The molecular weight excluding hydrogens is 511 g/mol. The third-order valence-corrected chi connectivity index (χ3v) is 7.38. The molecule has 0 fully saturated rings. The van der Waals surface area contributed by atoms with E-state index < -0.39 is 6.04 Å². The number of nitrogens with one attached hydrogen (secondary N) is 1. The zero-order valence-electron chi connectivity index (χ0n) is 20.8. The van der Waals surface area contributed by atoms with Crippen molar-refractivity contribution >= 4 is 46.8 Å². The minimum Gasteiger partial charge on any atom is -0.352 e. The lowest BCUT2D eigenvalue weighted by atomic mass is 10.0. The maximum absolute atomic E-state index is 13.6. The van der Waals surface area contributed by atoms with Crippen LogP contribution in [0.3, 0.4) is 0 Å². The molecule has 190 valence electrons. The largest absolute Gasteiger partial charge is 0.352 e. The van der Waals surface area contributed by atoms with E-state index >= 15 is 0 Å². The summed E-state index contributed by atoms with van der Waals surface area (Å²) in [5, 5.41) is 4.02. The third-order valence-electron chi connectivity index (χ3n) is 5.65. The molecule has 0 saturated carbocycles. The van der Waals surface area contributed by atoms with Crippen molar-refractivity contribution in [2.75, 3.05) is 5.75 Å². The van der Waals surface area contributed by atoms with E-state index in [1.165, 1.54) is 11.8 Å². The van der Waals surface area contributed by atoms with Gasteiger partial charge in [-0.1, -0.05) is 89.4 Å². The third kappa shape index (κ3) is 8.58. The summed E-state index contributed by atoms with van der Waals surface area (Å²) in [5.74, 6) is 0.624. The first kappa shape index (κ1) is 28.1. The predicted molar refractivity (Wildman–Crippen MR) is 152 cm³/mol. The highest BCUT2D eigenvalue weighted by Gasteiger charge is 2.30. The van der Waals surface area contributed by atoms with E-state index in [1.54, 1.807) is 11.0 Å². The maximum Gasteiger partial charge on any atom is 0.243 e. The van der Waals surface area contributed by atoms with Gasteiger partial charge in [0.15, 0.2) is 0 Å². The fourth-order valence-corrected chi connectivity index (χ4v) is 4.97. The summed E-state index contributed by atoms with van der Waals surface area (Å²) in [6, 6.07) is 22.7. The summed E-state index contributed by atoms with van der Waals surface area (Å²) in [7, 11) is 0. The van der Waals surface area contributed by atoms with Crippen LogP contribution in [-0.2, 0) is 28.3 Å². The van der Waals surface area contributed by atoms with Crippen LogP contribution in [0.25, 0.3) is 0 Å². The zero-order chi connectivity index (χ0) is 26.1. The number of halogens is 2. The monoisotopic (exact) mass is 542 g/mol. The SMILES string of the molecule is Cc1ccc(CN(C(=O)CSCc2ccc(Cl)c(Cl)c2)[C@H](Cc2ccccc2)C(=O)NC(C)C)cc1. The van der Waals surface area contributed by atoms with Gasteiger partial charge in [0, 0.05) is 24.8 Å². The summed E-state index contributed by atoms with van der Waals surface area (Å²) < 4.78 is 0. The summed E-state index contributed by atoms with van der Waals surface area (Å²) in [5.41, 5.74) is 4.13. The van der Waals surface area contributed by atoms with Crippen molar-refractivity contribution in [1.29, 1.82) is 0 Å². The topological polar surface area (TPSA) is 49.4 Å². The molecule has 0 heterocycles. The molecule has 0 bridgehead atoms. The van der Waals surface area contributed by atoms with Crippen LogP contribution in [0.2, 0.25) is 10.0 Å². The average Bonchev–Trinajstić information content (AvgIpc) is 2.84. The second-order valence-electron chi connectivity index (χ2n) is 9.12. The quantitative estimate of drug-likeness (QED) is 0.293. The summed E-state index contributed by atoms with van der Waals surface area (Å²) in [6.07, 6.45) is 0.439. The molecule has 3 aromatic carbocycles. The molecule has 3 rings (SSSR count). The van der Waals surface area contributed by atoms with Crippen molar-refractivity contribution in [3.05, 3.63) is 105 Å². The number of thioether (sulfide) groups is 1. The minimum absolute atomic E-state index is 0.0314. The molecule has 4 nitrogen and oxygen atoms in total. The van der Waals surface area contributed by atoms with E-state index in [4.69, 9.17) is 23.2 Å². The van der Waals surface area contributed by atoms with Gasteiger partial charge in [0.1, 0.15) is 6.04 Å². The molecule has 0 aliphatic rings. The molecule has 3 aromatic rings. The van der Waals surface area contributed by atoms with Crippen molar-refractivity contribution in [1.82, 2.24) is 10.2 Å². The van der Waals surface area contributed by atoms with Crippen molar-refractivity contribution in [3.8, 4) is 0 Å². The molecule has 1 N–H and O–H groups in total. The Labute approximate surface area is 228 Å². The first-order valence-corrected chi connectivity index (χ1v) is 13.8. The van der Waals surface area contributed by atoms with Gasteiger partial charge in [-0.3, -0.25) is 9.59 Å². The van der Waals surface area contributed by atoms with E-state index in [1.807, 2.05) is 87.5 Å². The fourth-order valence-electron chi connectivity index (χ4n) is 3.79. The molecular formula is C29H32Cl2N2O2S. The van der Waals surface area contributed by atoms with Crippen molar-refractivity contribution in [3.63, 3.8) is 0 Å².